The summed E-state index contributed by atoms with van der Waals surface area (Å²) >= 11 is 5.85. The lowest BCUT2D eigenvalue weighted by Crippen LogP contribution is -1.99. The maximum atomic E-state index is 5.85. The SMILES string of the molecule is Cc1cc(CCl)ccc1-n1ncc2ccccc21. The number of nitrogens with zero attached hydrogens (tertiary/aromatic N) is 2. The van der Waals surface area contributed by atoms with Crippen molar-refractivity contribution in [2.24, 2.45) is 0 Å². The van der Waals surface area contributed by atoms with Crippen LogP contribution in [-0.2, 0) is 5.88 Å². The molecule has 1 aromatic heterocycles. The van der Waals surface area contributed by atoms with Gasteiger partial charge in [-0.05, 0) is 30.2 Å². The van der Waals surface area contributed by atoms with Crippen molar-refractivity contribution in [3.63, 3.8) is 0 Å². The number of aromatic nitrogens is 2. The molecule has 3 heteroatoms. The molecular weight excluding hydrogens is 244 g/mol. The van der Waals surface area contributed by atoms with Crippen LogP contribution in [0.25, 0.3) is 16.6 Å². The Labute approximate surface area is 111 Å². The van der Waals surface area contributed by atoms with E-state index in [0.717, 1.165) is 22.2 Å². The van der Waals surface area contributed by atoms with Crippen LogP contribution in [0.4, 0.5) is 0 Å². The predicted molar refractivity (Wildman–Crippen MR) is 75.4 cm³/mol. The van der Waals surface area contributed by atoms with Gasteiger partial charge in [-0.15, -0.1) is 11.6 Å². The summed E-state index contributed by atoms with van der Waals surface area (Å²) in [5.41, 5.74) is 4.54. The van der Waals surface area contributed by atoms with Crippen LogP contribution in [-0.4, -0.2) is 9.78 Å². The topological polar surface area (TPSA) is 17.8 Å². The van der Waals surface area contributed by atoms with E-state index in [-0.39, 0.29) is 0 Å². The average molecular weight is 257 g/mol. The summed E-state index contributed by atoms with van der Waals surface area (Å²) in [6, 6.07) is 14.4. The highest BCUT2D eigenvalue weighted by molar-refractivity contribution is 6.17. The first-order valence-electron chi connectivity index (χ1n) is 5.88. The number of hydrogen-bond acceptors (Lipinski definition) is 1. The number of alkyl halides is 1. The molecule has 18 heavy (non-hydrogen) atoms. The monoisotopic (exact) mass is 256 g/mol. The Morgan fingerprint density at radius 2 is 2.00 bits per heavy atom. The fourth-order valence-corrected chi connectivity index (χ4v) is 2.37. The third-order valence-corrected chi connectivity index (χ3v) is 3.43. The van der Waals surface area contributed by atoms with Gasteiger partial charge in [-0.1, -0.05) is 30.3 Å². The van der Waals surface area contributed by atoms with Crippen LogP contribution in [0.3, 0.4) is 0 Å². The van der Waals surface area contributed by atoms with Gasteiger partial charge in [-0.3, -0.25) is 0 Å². The zero-order valence-electron chi connectivity index (χ0n) is 10.1. The van der Waals surface area contributed by atoms with Crippen molar-refractivity contribution >= 4 is 22.5 Å². The number of benzene rings is 2. The second-order valence-electron chi connectivity index (χ2n) is 4.37. The molecule has 2 nitrogen and oxygen atoms in total. The molecule has 0 radical (unpaired) electrons. The third kappa shape index (κ3) is 1.79. The smallest absolute Gasteiger partial charge is 0.0741 e. The number of hydrogen-bond donors (Lipinski definition) is 0. The fourth-order valence-electron chi connectivity index (χ4n) is 2.20. The lowest BCUT2D eigenvalue weighted by molar-refractivity contribution is 0.901. The van der Waals surface area contributed by atoms with Crippen LogP contribution in [0.2, 0.25) is 0 Å². The molecule has 0 aliphatic rings. The van der Waals surface area contributed by atoms with E-state index in [1.807, 2.05) is 29.1 Å². The Bertz CT molecular complexity index is 701. The molecule has 0 spiro atoms. The minimum Gasteiger partial charge on any atom is -0.233 e. The van der Waals surface area contributed by atoms with Crippen molar-refractivity contribution in [1.82, 2.24) is 9.78 Å². The first-order valence-corrected chi connectivity index (χ1v) is 6.41. The van der Waals surface area contributed by atoms with E-state index in [0.29, 0.717) is 5.88 Å². The zero-order valence-corrected chi connectivity index (χ0v) is 10.9. The molecule has 0 bridgehead atoms. The number of para-hydroxylation sites is 1. The van der Waals surface area contributed by atoms with Crippen LogP contribution < -0.4 is 0 Å². The van der Waals surface area contributed by atoms with Gasteiger partial charge in [-0.25, -0.2) is 4.68 Å². The van der Waals surface area contributed by atoms with Crippen LogP contribution in [0, 0.1) is 6.92 Å². The van der Waals surface area contributed by atoms with E-state index in [1.165, 1.54) is 5.56 Å². The maximum absolute atomic E-state index is 5.85. The highest BCUT2D eigenvalue weighted by Crippen LogP contribution is 2.21. The highest BCUT2D eigenvalue weighted by atomic mass is 35.5. The summed E-state index contributed by atoms with van der Waals surface area (Å²) in [5, 5.41) is 5.62. The third-order valence-electron chi connectivity index (χ3n) is 3.12. The van der Waals surface area contributed by atoms with Crippen LogP contribution in [0.5, 0.6) is 0 Å². The van der Waals surface area contributed by atoms with E-state index in [9.17, 15) is 0 Å². The Hall–Kier alpha value is -1.80. The molecule has 0 amide bonds. The second kappa shape index (κ2) is 4.46. The molecule has 1 heterocycles. The Morgan fingerprint density at radius 1 is 1.17 bits per heavy atom. The number of rotatable bonds is 2. The summed E-state index contributed by atoms with van der Waals surface area (Å²) in [4.78, 5) is 0. The summed E-state index contributed by atoms with van der Waals surface area (Å²) in [6.45, 7) is 2.09. The van der Waals surface area contributed by atoms with Crippen molar-refractivity contribution < 1.29 is 0 Å². The van der Waals surface area contributed by atoms with Gasteiger partial charge >= 0.3 is 0 Å². The first-order chi connectivity index (χ1) is 8.79. The number of halogens is 1. The Kier molecular flexibility index (Phi) is 2.80. The van der Waals surface area contributed by atoms with Gasteiger partial charge in [0.25, 0.3) is 0 Å². The average Bonchev–Trinajstić information content (AvgIpc) is 2.82. The lowest BCUT2D eigenvalue weighted by Gasteiger charge is -2.08. The quantitative estimate of drug-likeness (QED) is 0.632. The second-order valence-corrected chi connectivity index (χ2v) is 4.64. The Balaban J connectivity index is 2.20. The minimum atomic E-state index is 0.543. The lowest BCUT2D eigenvalue weighted by atomic mass is 10.1. The fraction of sp³-hybridized carbons (Fsp3) is 0.133. The van der Waals surface area contributed by atoms with E-state index in [1.54, 1.807) is 0 Å². The summed E-state index contributed by atoms with van der Waals surface area (Å²) < 4.78 is 1.97. The number of aryl methyl sites for hydroxylation is 1. The zero-order chi connectivity index (χ0) is 12.5. The van der Waals surface area contributed by atoms with Crippen molar-refractivity contribution in [3.05, 3.63) is 59.8 Å². The molecule has 0 saturated heterocycles. The van der Waals surface area contributed by atoms with Crippen molar-refractivity contribution in [3.8, 4) is 5.69 Å². The molecule has 0 atom stereocenters. The van der Waals surface area contributed by atoms with Gasteiger partial charge in [-0.2, -0.15) is 5.10 Å². The molecule has 0 fully saturated rings. The van der Waals surface area contributed by atoms with Crippen molar-refractivity contribution in [2.75, 3.05) is 0 Å². The normalized spacial score (nSPS) is 11.0. The van der Waals surface area contributed by atoms with Gasteiger partial charge in [0.1, 0.15) is 0 Å². The number of fused-ring (bicyclic) bond motifs is 1. The standard InChI is InChI=1S/C15H13ClN2/c1-11-8-12(9-16)6-7-14(11)18-15-5-3-2-4-13(15)10-17-18/h2-8,10H,9H2,1H3. The van der Waals surface area contributed by atoms with Crippen LogP contribution >= 0.6 is 11.6 Å². The van der Waals surface area contributed by atoms with Gasteiger partial charge < -0.3 is 0 Å². The molecule has 90 valence electrons. The van der Waals surface area contributed by atoms with E-state index >= 15 is 0 Å². The molecular formula is C15H13ClN2. The predicted octanol–water partition coefficient (Wildman–Crippen LogP) is 4.07. The largest absolute Gasteiger partial charge is 0.233 e. The Morgan fingerprint density at radius 3 is 2.78 bits per heavy atom. The summed E-state index contributed by atoms with van der Waals surface area (Å²) in [7, 11) is 0. The highest BCUT2D eigenvalue weighted by Gasteiger charge is 2.07. The van der Waals surface area contributed by atoms with E-state index in [2.05, 4.69) is 36.3 Å². The van der Waals surface area contributed by atoms with Crippen LogP contribution in [0.1, 0.15) is 11.1 Å². The van der Waals surface area contributed by atoms with Crippen LogP contribution in [0.15, 0.2) is 48.7 Å². The molecule has 3 aromatic rings. The van der Waals surface area contributed by atoms with Crippen molar-refractivity contribution in [1.29, 1.82) is 0 Å². The molecule has 0 aliphatic heterocycles. The summed E-state index contributed by atoms with van der Waals surface area (Å²) in [5.74, 6) is 0.543. The molecule has 2 aromatic carbocycles. The molecule has 0 unspecified atom stereocenters. The minimum absolute atomic E-state index is 0.543. The molecule has 0 saturated carbocycles. The van der Waals surface area contributed by atoms with E-state index < -0.39 is 0 Å². The maximum Gasteiger partial charge on any atom is 0.0741 e. The van der Waals surface area contributed by atoms with Gasteiger partial charge in [0.2, 0.25) is 0 Å². The molecule has 0 N–H and O–H groups in total. The first kappa shape index (κ1) is 11.3. The molecule has 0 aliphatic carbocycles. The van der Waals surface area contributed by atoms with Crippen molar-refractivity contribution in [2.45, 2.75) is 12.8 Å². The van der Waals surface area contributed by atoms with Gasteiger partial charge in [0, 0.05) is 11.3 Å². The van der Waals surface area contributed by atoms with Gasteiger partial charge in [0.15, 0.2) is 0 Å². The summed E-state index contributed by atoms with van der Waals surface area (Å²) in [6.07, 6.45) is 1.89. The van der Waals surface area contributed by atoms with E-state index in [4.69, 9.17) is 11.6 Å². The van der Waals surface area contributed by atoms with Gasteiger partial charge in [0.05, 0.1) is 17.4 Å². The molecule has 3 rings (SSSR count).